The lowest BCUT2D eigenvalue weighted by Gasteiger charge is -2.20. The minimum absolute atomic E-state index is 0.113. The third kappa shape index (κ3) is 6.38. The predicted molar refractivity (Wildman–Crippen MR) is 136 cm³/mol. The van der Waals surface area contributed by atoms with Crippen molar-refractivity contribution in [1.82, 2.24) is 0 Å². The van der Waals surface area contributed by atoms with Crippen LogP contribution >= 0.6 is 0 Å². The first-order valence-electron chi connectivity index (χ1n) is 11.7. The van der Waals surface area contributed by atoms with E-state index < -0.39 is 0 Å². The second-order valence-corrected chi connectivity index (χ2v) is 7.77. The maximum atomic E-state index is 13.3. The number of ether oxygens (including phenoxy) is 2. The van der Waals surface area contributed by atoms with Crippen LogP contribution in [-0.2, 0) is 4.79 Å². The summed E-state index contributed by atoms with van der Waals surface area (Å²) in [6, 6.07) is 22.1. The first-order valence-corrected chi connectivity index (χ1v) is 11.7. The highest BCUT2D eigenvalue weighted by molar-refractivity contribution is 6.06. The fourth-order valence-electron chi connectivity index (χ4n) is 3.73. The molecule has 2 amide bonds. The number of nitrogens with one attached hydrogen (secondary N) is 2. The van der Waals surface area contributed by atoms with Crippen LogP contribution in [0.5, 0.6) is 11.5 Å². The third-order valence-corrected chi connectivity index (χ3v) is 5.32. The van der Waals surface area contributed by atoms with Crippen LogP contribution in [0.4, 0.5) is 11.4 Å². The van der Waals surface area contributed by atoms with Gasteiger partial charge >= 0.3 is 0 Å². The smallest absolute Gasteiger partial charge is 0.255 e. The summed E-state index contributed by atoms with van der Waals surface area (Å²) in [7, 11) is 0. The summed E-state index contributed by atoms with van der Waals surface area (Å²) in [5, 5.41) is 5.94. The van der Waals surface area contributed by atoms with Gasteiger partial charge in [0, 0.05) is 17.7 Å². The van der Waals surface area contributed by atoms with Gasteiger partial charge in [-0.2, -0.15) is 0 Å². The Morgan fingerprint density at radius 3 is 1.82 bits per heavy atom. The number of carbonyl (C=O) groups excluding carboxylic acids is 2. The summed E-state index contributed by atoms with van der Waals surface area (Å²) in [4.78, 5) is 26.0. The molecule has 3 aromatic carbocycles. The lowest BCUT2D eigenvalue weighted by atomic mass is 9.93. The molecule has 0 saturated heterocycles. The molecule has 1 unspecified atom stereocenters. The molecule has 0 heterocycles. The van der Waals surface area contributed by atoms with Gasteiger partial charge in [0.1, 0.15) is 11.5 Å². The molecule has 0 saturated carbocycles. The molecule has 6 nitrogen and oxygen atoms in total. The van der Waals surface area contributed by atoms with Gasteiger partial charge in [-0.05, 0) is 38.0 Å². The Kier molecular flexibility index (Phi) is 9.09. The van der Waals surface area contributed by atoms with Crippen LogP contribution in [0.15, 0.2) is 72.8 Å². The van der Waals surface area contributed by atoms with Crippen molar-refractivity contribution in [2.24, 2.45) is 0 Å². The highest BCUT2D eigenvalue weighted by atomic mass is 16.5. The molecule has 3 rings (SSSR count). The Morgan fingerprint density at radius 1 is 0.765 bits per heavy atom. The molecule has 3 aromatic rings. The van der Waals surface area contributed by atoms with Gasteiger partial charge in [0.2, 0.25) is 5.91 Å². The van der Waals surface area contributed by atoms with Crippen LogP contribution in [0, 0.1) is 0 Å². The molecule has 0 radical (unpaired) electrons. The van der Waals surface area contributed by atoms with Crippen molar-refractivity contribution in [3.63, 3.8) is 0 Å². The van der Waals surface area contributed by atoms with Crippen LogP contribution in [0.3, 0.4) is 0 Å². The van der Waals surface area contributed by atoms with Crippen LogP contribution in [-0.4, -0.2) is 25.0 Å². The molecule has 1 atom stereocenters. The molecule has 0 spiro atoms. The zero-order chi connectivity index (χ0) is 24.3. The van der Waals surface area contributed by atoms with Crippen molar-refractivity contribution < 1.29 is 19.1 Å². The zero-order valence-corrected chi connectivity index (χ0v) is 20.0. The van der Waals surface area contributed by atoms with E-state index in [-0.39, 0.29) is 17.7 Å². The Bertz CT molecular complexity index is 1080. The van der Waals surface area contributed by atoms with Gasteiger partial charge in [-0.15, -0.1) is 0 Å². The molecular weight excluding hydrogens is 428 g/mol. The van der Waals surface area contributed by atoms with E-state index in [0.717, 1.165) is 18.4 Å². The Labute approximate surface area is 201 Å². The molecule has 0 aliphatic rings. The number of carbonyl (C=O) groups is 2. The molecule has 0 bridgehead atoms. The van der Waals surface area contributed by atoms with Gasteiger partial charge in [0.25, 0.3) is 5.91 Å². The lowest BCUT2D eigenvalue weighted by molar-refractivity contribution is -0.117. The lowest BCUT2D eigenvalue weighted by Crippen LogP contribution is -2.22. The minimum Gasteiger partial charge on any atom is -0.492 e. The summed E-state index contributed by atoms with van der Waals surface area (Å²) in [6.45, 7) is 6.60. The molecule has 0 aliphatic heterocycles. The van der Waals surface area contributed by atoms with E-state index in [2.05, 4.69) is 17.6 Å². The van der Waals surface area contributed by atoms with E-state index >= 15 is 0 Å². The van der Waals surface area contributed by atoms with E-state index in [9.17, 15) is 9.59 Å². The first kappa shape index (κ1) is 24.8. The van der Waals surface area contributed by atoms with Crippen molar-refractivity contribution in [2.75, 3.05) is 23.8 Å². The average molecular weight is 461 g/mol. The number of hydrogen-bond acceptors (Lipinski definition) is 4. The minimum atomic E-state index is -0.284. The molecule has 6 heteroatoms. The normalized spacial score (nSPS) is 11.4. The van der Waals surface area contributed by atoms with Crippen LogP contribution in [0.1, 0.15) is 55.5 Å². The molecular formula is C28H32N2O4. The maximum absolute atomic E-state index is 13.3. The number of benzene rings is 3. The maximum Gasteiger partial charge on any atom is 0.255 e. The Hall–Kier alpha value is -3.80. The second-order valence-electron chi connectivity index (χ2n) is 7.77. The van der Waals surface area contributed by atoms with E-state index in [0.29, 0.717) is 41.7 Å². The fraction of sp³-hybridized carbons (Fsp3) is 0.286. The van der Waals surface area contributed by atoms with Gasteiger partial charge in [0.15, 0.2) is 0 Å². The van der Waals surface area contributed by atoms with Crippen molar-refractivity contribution in [3.8, 4) is 11.5 Å². The molecule has 0 aliphatic carbocycles. The highest BCUT2D eigenvalue weighted by Gasteiger charge is 2.22. The number of amides is 2. The summed E-state index contributed by atoms with van der Waals surface area (Å²) >= 11 is 0. The molecule has 0 aromatic heterocycles. The third-order valence-electron chi connectivity index (χ3n) is 5.32. The number of anilines is 2. The second kappa shape index (κ2) is 12.4. The summed E-state index contributed by atoms with van der Waals surface area (Å²) < 4.78 is 11.6. The standard InChI is InChI=1S/C28H32N2O4/c1-4-13-22(20-14-9-7-10-15-20)28(32)30-24-19-25(33-5-2)23(18-26(24)34-6-3)29-27(31)21-16-11-8-12-17-21/h7-12,14-19,22H,4-6,13H2,1-3H3,(H,29,31)(H,30,32). The first-order chi connectivity index (χ1) is 16.6. The van der Waals surface area contributed by atoms with Gasteiger partial charge in [-0.25, -0.2) is 0 Å². The van der Waals surface area contributed by atoms with E-state index in [1.54, 1.807) is 24.3 Å². The van der Waals surface area contributed by atoms with Crippen molar-refractivity contribution >= 4 is 23.2 Å². The summed E-state index contributed by atoms with van der Waals surface area (Å²) in [5.41, 5.74) is 2.48. The van der Waals surface area contributed by atoms with E-state index in [4.69, 9.17) is 9.47 Å². The highest BCUT2D eigenvalue weighted by Crippen LogP contribution is 2.38. The van der Waals surface area contributed by atoms with Gasteiger partial charge < -0.3 is 20.1 Å². The fourth-order valence-corrected chi connectivity index (χ4v) is 3.73. The van der Waals surface area contributed by atoms with Crippen LogP contribution in [0.2, 0.25) is 0 Å². The van der Waals surface area contributed by atoms with Crippen LogP contribution < -0.4 is 20.1 Å². The van der Waals surface area contributed by atoms with Crippen molar-refractivity contribution in [2.45, 2.75) is 39.5 Å². The van der Waals surface area contributed by atoms with Gasteiger partial charge in [-0.1, -0.05) is 61.9 Å². The molecule has 34 heavy (non-hydrogen) atoms. The largest absolute Gasteiger partial charge is 0.492 e. The van der Waals surface area contributed by atoms with Crippen molar-refractivity contribution in [3.05, 3.63) is 83.9 Å². The predicted octanol–water partition coefficient (Wildman–Crippen LogP) is 6.26. The SMILES string of the molecule is CCCC(C(=O)Nc1cc(OCC)c(NC(=O)c2ccccc2)cc1OCC)c1ccccc1. The Balaban J connectivity index is 1.92. The van der Waals surface area contributed by atoms with Gasteiger partial charge in [0.05, 0.1) is 30.5 Å². The number of rotatable bonds is 11. The number of hydrogen-bond donors (Lipinski definition) is 2. The molecule has 178 valence electrons. The van der Waals surface area contributed by atoms with E-state index in [1.165, 1.54) is 0 Å². The summed E-state index contributed by atoms with van der Waals surface area (Å²) in [6.07, 6.45) is 1.60. The molecule has 2 N–H and O–H groups in total. The van der Waals surface area contributed by atoms with Crippen molar-refractivity contribution in [1.29, 1.82) is 0 Å². The van der Waals surface area contributed by atoms with Crippen LogP contribution in [0.25, 0.3) is 0 Å². The summed E-state index contributed by atoms with van der Waals surface area (Å²) in [5.74, 6) is 0.266. The monoisotopic (exact) mass is 460 g/mol. The zero-order valence-electron chi connectivity index (χ0n) is 20.0. The molecule has 0 fully saturated rings. The quantitative estimate of drug-likeness (QED) is 0.354. The Morgan fingerprint density at radius 2 is 1.29 bits per heavy atom. The average Bonchev–Trinajstić information content (AvgIpc) is 2.86. The van der Waals surface area contributed by atoms with E-state index in [1.807, 2.05) is 62.4 Å². The van der Waals surface area contributed by atoms with Gasteiger partial charge in [-0.3, -0.25) is 9.59 Å². The topological polar surface area (TPSA) is 76.7 Å².